The van der Waals surface area contributed by atoms with E-state index < -0.39 is 0 Å². The zero-order valence-electron chi connectivity index (χ0n) is 7.14. The van der Waals surface area contributed by atoms with E-state index in [0.717, 1.165) is 19.6 Å². The predicted molar refractivity (Wildman–Crippen MR) is 45.8 cm³/mol. The molecule has 66 valence electrons. The van der Waals surface area contributed by atoms with Crippen LogP contribution in [0.25, 0.3) is 0 Å². The fourth-order valence-electron chi connectivity index (χ4n) is 1.38. The average molecular weight is 158 g/mol. The van der Waals surface area contributed by atoms with Gasteiger partial charge < -0.3 is 5.73 Å². The maximum absolute atomic E-state index is 5.37. The van der Waals surface area contributed by atoms with Gasteiger partial charge in [0.2, 0.25) is 0 Å². The van der Waals surface area contributed by atoms with Crippen LogP contribution >= 0.6 is 0 Å². The first-order chi connectivity index (χ1) is 5.36. The van der Waals surface area contributed by atoms with E-state index in [1.807, 2.05) is 0 Å². The summed E-state index contributed by atoms with van der Waals surface area (Å²) in [7, 11) is 0. The van der Waals surface area contributed by atoms with Gasteiger partial charge in [0.15, 0.2) is 0 Å². The molecule has 1 heterocycles. The Morgan fingerprint density at radius 1 is 1.73 bits per heavy atom. The predicted octanol–water partition coefficient (Wildman–Crippen LogP) is -0.909. The van der Waals surface area contributed by atoms with Crippen molar-refractivity contribution in [1.29, 1.82) is 0 Å². The first-order valence-corrected chi connectivity index (χ1v) is 4.28. The molecular weight excluding hydrogens is 140 g/mol. The molecule has 0 radical (unpaired) electrons. The highest BCUT2D eigenvalue weighted by Gasteiger charge is 2.19. The minimum absolute atomic E-state index is 0.534. The molecule has 0 saturated carbocycles. The van der Waals surface area contributed by atoms with Crippen molar-refractivity contribution in [3.63, 3.8) is 0 Å². The second-order valence-corrected chi connectivity index (χ2v) is 2.91. The van der Waals surface area contributed by atoms with Crippen molar-refractivity contribution >= 4 is 0 Å². The Morgan fingerprint density at radius 2 is 2.55 bits per heavy atom. The minimum Gasteiger partial charge on any atom is -0.318 e. The Balaban J connectivity index is 2.12. The summed E-state index contributed by atoms with van der Waals surface area (Å²) in [5, 5.41) is 5.45. The van der Waals surface area contributed by atoms with Gasteiger partial charge in [-0.25, -0.2) is 5.01 Å². The fraction of sp³-hybridized carbons (Fsp3) is 1.00. The van der Waals surface area contributed by atoms with E-state index in [4.69, 9.17) is 5.73 Å². The Hall–Kier alpha value is -0.160. The topological polar surface area (TPSA) is 53.3 Å². The number of rotatable bonds is 4. The Labute approximate surface area is 68.1 Å². The largest absolute Gasteiger partial charge is 0.318 e. The van der Waals surface area contributed by atoms with Crippen LogP contribution in [-0.2, 0) is 0 Å². The Bertz CT molecular complexity index is 94.6. The summed E-state index contributed by atoms with van der Waals surface area (Å²) in [4.78, 5) is 0. The number of hydrogen-bond acceptors (Lipinski definition) is 4. The second kappa shape index (κ2) is 4.66. The van der Waals surface area contributed by atoms with Crippen molar-refractivity contribution < 1.29 is 0 Å². The Kier molecular flexibility index (Phi) is 3.79. The quantitative estimate of drug-likeness (QED) is 0.464. The van der Waals surface area contributed by atoms with Crippen molar-refractivity contribution in [2.75, 3.05) is 26.3 Å². The van der Waals surface area contributed by atoms with Crippen molar-refractivity contribution in [3.8, 4) is 0 Å². The summed E-state index contributed by atoms with van der Waals surface area (Å²) in [5.41, 5.74) is 8.68. The molecule has 0 aliphatic carbocycles. The lowest BCUT2D eigenvalue weighted by Gasteiger charge is -2.13. The van der Waals surface area contributed by atoms with Crippen LogP contribution in [-0.4, -0.2) is 37.4 Å². The van der Waals surface area contributed by atoms with Crippen LogP contribution in [0.4, 0.5) is 0 Å². The van der Waals surface area contributed by atoms with Crippen LogP contribution in [0.3, 0.4) is 0 Å². The SMILES string of the molecule is CCCN1CC(NCN)CN1. The van der Waals surface area contributed by atoms with Crippen LogP contribution in [0.2, 0.25) is 0 Å². The third-order valence-electron chi connectivity index (χ3n) is 1.90. The molecule has 4 N–H and O–H groups in total. The number of nitrogens with one attached hydrogen (secondary N) is 2. The number of hydrogen-bond donors (Lipinski definition) is 3. The zero-order chi connectivity index (χ0) is 8.10. The molecule has 11 heavy (non-hydrogen) atoms. The molecule has 1 unspecified atom stereocenters. The summed E-state index contributed by atoms with van der Waals surface area (Å²) in [6.07, 6.45) is 1.20. The third kappa shape index (κ3) is 2.75. The van der Waals surface area contributed by atoms with Crippen molar-refractivity contribution in [1.82, 2.24) is 15.8 Å². The highest BCUT2D eigenvalue weighted by atomic mass is 15.5. The molecule has 1 atom stereocenters. The van der Waals surface area contributed by atoms with Crippen molar-refractivity contribution in [2.24, 2.45) is 5.73 Å². The lowest BCUT2D eigenvalue weighted by molar-refractivity contribution is 0.250. The highest BCUT2D eigenvalue weighted by molar-refractivity contribution is 4.77. The summed E-state index contributed by atoms with van der Waals surface area (Å²) in [5.74, 6) is 0. The van der Waals surface area contributed by atoms with E-state index in [9.17, 15) is 0 Å². The van der Waals surface area contributed by atoms with E-state index in [2.05, 4.69) is 22.7 Å². The molecule has 0 amide bonds. The highest BCUT2D eigenvalue weighted by Crippen LogP contribution is 1.97. The third-order valence-corrected chi connectivity index (χ3v) is 1.90. The summed E-state index contributed by atoms with van der Waals surface area (Å²) >= 11 is 0. The van der Waals surface area contributed by atoms with Gasteiger partial charge >= 0.3 is 0 Å². The monoisotopic (exact) mass is 158 g/mol. The maximum atomic E-state index is 5.37. The molecule has 1 saturated heterocycles. The molecule has 0 aromatic heterocycles. The Morgan fingerprint density at radius 3 is 3.18 bits per heavy atom. The van der Waals surface area contributed by atoms with Gasteiger partial charge in [0, 0.05) is 32.3 Å². The second-order valence-electron chi connectivity index (χ2n) is 2.91. The van der Waals surface area contributed by atoms with Gasteiger partial charge in [0.25, 0.3) is 0 Å². The average Bonchev–Trinajstić information content (AvgIpc) is 2.38. The first-order valence-electron chi connectivity index (χ1n) is 4.28. The normalized spacial score (nSPS) is 26.2. The summed E-state index contributed by atoms with van der Waals surface area (Å²) in [6.45, 7) is 5.97. The number of nitrogens with zero attached hydrogens (tertiary/aromatic N) is 1. The van der Waals surface area contributed by atoms with Gasteiger partial charge in [-0.05, 0) is 6.42 Å². The van der Waals surface area contributed by atoms with Crippen LogP contribution in [0.5, 0.6) is 0 Å². The van der Waals surface area contributed by atoms with Crippen molar-refractivity contribution in [3.05, 3.63) is 0 Å². The smallest absolute Gasteiger partial charge is 0.0431 e. The molecular formula is C7H18N4. The van der Waals surface area contributed by atoms with Crippen LogP contribution < -0.4 is 16.5 Å². The molecule has 0 aromatic carbocycles. The van der Waals surface area contributed by atoms with E-state index in [1.165, 1.54) is 6.42 Å². The summed E-state index contributed by atoms with van der Waals surface area (Å²) in [6, 6.07) is 0.534. The summed E-state index contributed by atoms with van der Waals surface area (Å²) < 4.78 is 0. The van der Waals surface area contributed by atoms with E-state index in [1.54, 1.807) is 0 Å². The minimum atomic E-state index is 0.534. The maximum Gasteiger partial charge on any atom is 0.0431 e. The lowest BCUT2D eigenvalue weighted by Crippen LogP contribution is -2.37. The lowest BCUT2D eigenvalue weighted by atomic mass is 10.3. The first kappa shape index (κ1) is 8.93. The van der Waals surface area contributed by atoms with Gasteiger partial charge in [-0.2, -0.15) is 0 Å². The molecule has 0 bridgehead atoms. The molecule has 0 spiro atoms. The molecule has 1 aliphatic rings. The zero-order valence-corrected chi connectivity index (χ0v) is 7.14. The molecule has 0 aromatic rings. The van der Waals surface area contributed by atoms with Gasteiger partial charge in [-0.3, -0.25) is 10.7 Å². The standard InChI is InChI=1S/C7H18N4/c1-2-3-11-5-7(4-10-11)9-6-8/h7,9-10H,2-6,8H2,1H3. The van der Waals surface area contributed by atoms with Crippen LogP contribution in [0.1, 0.15) is 13.3 Å². The van der Waals surface area contributed by atoms with Gasteiger partial charge in [0.05, 0.1) is 0 Å². The van der Waals surface area contributed by atoms with Crippen molar-refractivity contribution in [2.45, 2.75) is 19.4 Å². The molecule has 1 rings (SSSR count). The van der Waals surface area contributed by atoms with Gasteiger partial charge in [-0.1, -0.05) is 6.92 Å². The van der Waals surface area contributed by atoms with E-state index >= 15 is 0 Å². The number of nitrogens with two attached hydrogens (primary N) is 1. The van der Waals surface area contributed by atoms with Gasteiger partial charge in [0.1, 0.15) is 0 Å². The molecule has 1 fully saturated rings. The molecule has 4 nitrogen and oxygen atoms in total. The fourth-order valence-corrected chi connectivity index (χ4v) is 1.38. The van der Waals surface area contributed by atoms with E-state index in [-0.39, 0.29) is 0 Å². The molecule has 4 heteroatoms. The molecule has 1 aliphatic heterocycles. The van der Waals surface area contributed by atoms with Crippen LogP contribution in [0.15, 0.2) is 0 Å². The number of hydrazine groups is 1. The van der Waals surface area contributed by atoms with Gasteiger partial charge in [-0.15, -0.1) is 0 Å². The van der Waals surface area contributed by atoms with E-state index in [0.29, 0.717) is 12.7 Å². The van der Waals surface area contributed by atoms with Crippen LogP contribution in [0, 0.1) is 0 Å².